The van der Waals surface area contributed by atoms with Crippen LogP contribution in [0.1, 0.15) is 30.0 Å². The molecule has 0 bridgehead atoms. The van der Waals surface area contributed by atoms with E-state index in [0.717, 1.165) is 54.5 Å². The van der Waals surface area contributed by atoms with Crippen molar-refractivity contribution >= 4 is 22.9 Å². The highest BCUT2D eigenvalue weighted by molar-refractivity contribution is 6.00. The quantitative estimate of drug-likeness (QED) is 0.895. The molecule has 134 valence electrons. The van der Waals surface area contributed by atoms with Crippen molar-refractivity contribution in [1.82, 2.24) is 5.32 Å². The fourth-order valence-electron chi connectivity index (χ4n) is 3.92. The van der Waals surface area contributed by atoms with E-state index >= 15 is 0 Å². The van der Waals surface area contributed by atoms with Gasteiger partial charge in [-0.15, -0.1) is 0 Å². The SMILES string of the molecule is C=C1NC(CN2CCCc3cccc(CC)c32)=Nc2ccc(OC)cc21. The zero-order chi connectivity index (χ0) is 18.1. The molecule has 26 heavy (non-hydrogen) atoms. The van der Waals surface area contributed by atoms with Gasteiger partial charge < -0.3 is 15.0 Å². The minimum atomic E-state index is 0.772. The Hall–Kier alpha value is -2.75. The summed E-state index contributed by atoms with van der Waals surface area (Å²) >= 11 is 0. The molecule has 2 aromatic rings. The first-order valence-electron chi connectivity index (χ1n) is 9.27. The van der Waals surface area contributed by atoms with E-state index in [1.807, 2.05) is 18.2 Å². The summed E-state index contributed by atoms with van der Waals surface area (Å²) in [6.45, 7) is 8.25. The van der Waals surface area contributed by atoms with Crippen molar-refractivity contribution in [2.24, 2.45) is 4.99 Å². The molecule has 0 aromatic heterocycles. The summed E-state index contributed by atoms with van der Waals surface area (Å²) in [6.07, 6.45) is 3.39. The molecule has 4 heteroatoms. The molecule has 2 heterocycles. The summed E-state index contributed by atoms with van der Waals surface area (Å²) in [5.74, 6) is 1.77. The number of nitrogens with one attached hydrogen (secondary N) is 1. The van der Waals surface area contributed by atoms with Gasteiger partial charge in [-0.2, -0.15) is 0 Å². The van der Waals surface area contributed by atoms with E-state index in [-0.39, 0.29) is 0 Å². The zero-order valence-electron chi connectivity index (χ0n) is 15.5. The predicted octanol–water partition coefficient (Wildman–Crippen LogP) is 4.31. The molecule has 0 unspecified atom stereocenters. The number of para-hydroxylation sites is 1. The monoisotopic (exact) mass is 347 g/mol. The van der Waals surface area contributed by atoms with E-state index in [4.69, 9.17) is 9.73 Å². The van der Waals surface area contributed by atoms with Crippen LogP contribution in [0.4, 0.5) is 11.4 Å². The highest BCUT2D eigenvalue weighted by Gasteiger charge is 2.23. The van der Waals surface area contributed by atoms with Crippen LogP contribution in [0.5, 0.6) is 5.75 Å². The van der Waals surface area contributed by atoms with Crippen molar-refractivity contribution in [1.29, 1.82) is 0 Å². The van der Waals surface area contributed by atoms with Crippen LogP contribution in [0.2, 0.25) is 0 Å². The Morgan fingerprint density at radius 1 is 1.27 bits per heavy atom. The van der Waals surface area contributed by atoms with Gasteiger partial charge in [-0.1, -0.05) is 31.7 Å². The van der Waals surface area contributed by atoms with Gasteiger partial charge in [0.2, 0.25) is 0 Å². The van der Waals surface area contributed by atoms with Crippen LogP contribution in [-0.2, 0) is 12.8 Å². The summed E-state index contributed by atoms with van der Waals surface area (Å²) in [6, 6.07) is 12.6. The fraction of sp³-hybridized carbons (Fsp3) is 0.318. The normalized spacial score (nSPS) is 15.7. The summed E-state index contributed by atoms with van der Waals surface area (Å²) < 4.78 is 5.32. The molecule has 0 fully saturated rings. The summed E-state index contributed by atoms with van der Waals surface area (Å²) in [5, 5.41) is 3.40. The van der Waals surface area contributed by atoms with Crippen LogP contribution in [0.3, 0.4) is 0 Å². The van der Waals surface area contributed by atoms with E-state index in [1.165, 1.54) is 23.2 Å². The van der Waals surface area contributed by atoms with Crippen molar-refractivity contribution < 1.29 is 4.74 Å². The van der Waals surface area contributed by atoms with Crippen LogP contribution >= 0.6 is 0 Å². The molecule has 0 saturated heterocycles. The van der Waals surface area contributed by atoms with Gasteiger partial charge in [0.05, 0.1) is 19.3 Å². The number of aliphatic imine (C=N–C) groups is 1. The van der Waals surface area contributed by atoms with Crippen LogP contribution < -0.4 is 15.0 Å². The first kappa shape index (κ1) is 16.7. The second-order valence-corrected chi connectivity index (χ2v) is 6.85. The molecule has 0 saturated carbocycles. The Morgan fingerprint density at radius 2 is 2.15 bits per heavy atom. The highest BCUT2D eigenvalue weighted by atomic mass is 16.5. The third-order valence-electron chi connectivity index (χ3n) is 5.19. The predicted molar refractivity (Wildman–Crippen MR) is 109 cm³/mol. The Balaban J connectivity index is 1.65. The van der Waals surface area contributed by atoms with Crippen LogP contribution in [-0.4, -0.2) is 26.0 Å². The summed E-state index contributed by atoms with van der Waals surface area (Å²) in [7, 11) is 1.68. The van der Waals surface area contributed by atoms with Gasteiger partial charge in [0.25, 0.3) is 0 Å². The van der Waals surface area contributed by atoms with Gasteiger partial charge in [0.1, 0.15) is 11.6 Å². The highest BCUT2D eigenvalue weighted by Crippen LogP contribution is 2.34. The van der Waals surface area contributed by atoms with E-state index in [9.17, 15) is 0 Å². The molecule has 4 nitrogen and oxygen atoms in total. The summed E-state index contributed by atoms with van der Waals surface area (Å²) in [5.41, 5.74) is 7.10. The molecule has 2 aliphatic rings. The van der Waals surface area contributed by atoms with Crippen LogP contribution in [0.25, 0.3) is 5.70 Å². The number of aryl methyl sites for hydroxylation is 2. The lowest BCUT2D eigenvalue weighted by Gasteiger charge is -2.34. The van der Waals surface area contributed by atoms with E-state index < -0.39 is 0 Å². The molecule has 0 amide bonds. The van der Waals surface area contributed by atoms with Crippen LogP contribution in [0, 0.1) is 0 Å². The average molecular weight is 347 g/mol. The molecule has 0 spiro atoms. The van der Waals surface area contributed by atoms with Gasteiger partial charge in [-0.25, -0.2) is 4.99 Å². The number of anilines is 1. The van der Waals surface area contributed by atoms with Gasteiger partial charge in [-0.3, -0.25) is 0 Å². The molecule has 0 aliphatic carbocycles. The van der Waals surface area contributed by atoms with Crippen molar-refractivity contribution in [2.45, 2.75) is 26.2 Å². The third-order valence-corrected chi connectivity index (χ3v) is 5.19. The number of nitrogens with zero attached hydrogens (tertiary/aromatic N) is 2. The van der Waals surface area contributed by atoms with E-state index in [0.29, 0.717) is 0 Å². The Kier molecular flexibility index (Phi) is 4.41. The lowest BCUT2D eigenvalue weighted by molar-refractivity contribution is 0.414. The second kappa shape index (κ2) is 6.87. The maximum atomic E-state index is 5.32. The molecule has 2 aromatic carbocycles. The maximum absolute atomic E-state index is 5.32. The summed E-state index contributed by atoms with van der Waals surface area (Å²) in [4.78, 5) is 7.30. The number of hydrogen-bond donors (Lipinski definition) is 1. The van der Waals surface area contributed by atoms with Crippen LogP contribution in [0.15, 0.2) is 48.0 Å². The minimum Gasteiger partial charge on any atom is -0.497 e. The van der Waals surface area contributed by atoms with Gasteiger partial charge >= 0.3 is 0 Å². The molecular weight excluding hydrogens is 322 g/mol. The fourth-order valence-corrected chi connectivity index (χ4v) is 3.92. The Bertz CT molecular complexity index is 871. The smallest absolute Gasteiger partial charge is 0.126 e. The largest absolute Gasteiger partial charge is 0.497 e. The molecule has 0 atom stereocenters. The van der Waals surface area contributed by atoms with Gasteiger partial charge in [0.15, 0.2) is 0 Å². The second-order valence-electron chi connectivity index (χ2n) is 6.85. The zero-order valence-corrected chi connectivity index (χ0v) is 15.5. The number of hydrogen-bond acceptors (Lipinski definition) is 4. The Morgan fingerprint density at radius 3 is 2.96 bits per heavy atom. The van der Waals surface area contributed by atoms with Gasteiger partial charge in [0, 0.05) is 23.5 Å². The molecule has 1 N–H and O–H groups in total. The lowest BCUT2D eigenvalue weighted by Crippen LogP contribution is -2.40. The number of benzene rings is 2. The average Bonchev–Trinajstić information content (AvgIpc) is 2.67. The first-order chi connectivity index (χ1) is 12.7. The molecule has 2 aliphatic heterocycles. The third kappa shape index (κ3) is 2.96. The Labute approximate surface area is 155 Å². The number of ether oxygens (including phenoxy) is 1. The van der Waals surface area contributed by atoms with Crippen molar-refractivity contribution in [3.05, 3.63) is 59.7 Å². The van der Waals surface area contributed by atoms with Crippen molar-refractivity contribution in [3.8, 4) is 5.75 Å². The number of amidine groups is 1. The topological polar surface area (TPSA) is 36.9 Å². The lowest BCUT2D eigenvalue weighted by atomic mass is 9.96. The van der Waals surface area contributed by atoms with Gasteiger partial charge in [-0.05, 0) is 48.6 Å². The van der Waals surface area contributed by atoms with E-state index in [2.05, 4.69) is 41.9 Å². The minimum absolute atomic E-state index is 0.772. The number of rotatable bonds is 4. The molecule has 0 radical (unpaired) electrons. The maximum Gasteiger partial charge on any atom is 0.126 e. The van der Waals surface area contributed by atoms with E-state index in [1.54, 1.807) is 7.11 Å². The van der Waals surface area contributed by atoms with Crippen molar-refractivity contribution in [2.75, 3.05) is 25.1 Å². The number of fused-ring (bicyclic) bond motifs is 2. The van der Waals surface area contributed by atoms with Crippen molar-refractivity contribution in [3.63, 3.8) is 0 Å². The number of methoxy groups -OCH3 is 1. The standard InChI is InChI=1S/C22H25N3O/c1-4-16-7-5-8-17-9-6-12-25(22(16)17)14-21-23-15(2)19-13-18(26-3)10-11-20(19)24-21/h5,7-8,10-11,13H,2,4,6,9,12,14H2,1,3H3,(H,23,24). The first-order valence-corrected chi connectivity index (χ1v) is 9.27. The molecule has 4 rings (SSSR count). The molecular formula is C22H25N3O.